The molecule has 0 bridgehead atoms. The second-order valence-corrected chi connectivity index (χ2v) is 6.15. The van der Waals surface area contributed by atoms with E-state index in [1.807, 2.05) is 0 Å². The molecule has 3 aromatic heterocycles. The van der Waals surface area contributed by atoms with Crippen LogP contribution in [0.25, 0.3) is 11.7 Å². The number of furan rings is 1. The lowest BCUT2D eigenvalue weighted by atomic mass is 10.2. The summed E-state index contributed by atoms with van der Waals surface area (Å²) in [5.74, 6) is -0.418. The zero-order chi connectivity index (χ0) is 19.4. The van der Waals surface area contributed by atoms with Crippen molar-refractivity contribution >= 4 is 23.4 Å². The number of nitrogens with zero attached hydrogens (tertiary/aromatic N) is 3. The third kappa shape index (κ3) is 4.01. The van der Waals surface area contributed by atoms with E-state index in [1.54, 1.807) is 12.1 Å². The van der Waals surface area contributed by atoms with Gasteiger partial charge in [0.15, 0.2) is 11.5 Å². The van der Waals surface area contributed by atoms with Crippen LogP contribution in [-0.4, -0.2) is 45.0 Å². The number of rotatable bonds is 8. The van der Waals surface area contributed by atoms with Gasteiger partial charge in [0.05, 0.1) is 25.2 Å². The number of anilines is 1. The summed E-state index contributed by atoms with van der Waals surface area (Å²) in [6.07, 6.45) is 1.46. The molecule has 0 fully saturated rings. The molecular weight excluding hydrogens is 378 g/mol. The minimum absolute atomic E-state index is 0.0987. The molecule has 0 aliphatic heterocycles. The van der Waals surface area contributed by atoms with Gasteiger partial charge in [0.1, 0.15) is 11.4 Å². The molecule has 0 aliphatic rings. The predicted molar refractivity (Wildman–Crippen MR) is 94.7 cm³/mol. The zero-order valence-electron chi connectivity index (χ0n) is 14.1. The highest BCUT2D eigenvalue weighted by Gasteiger charge is 2.21. The van der Waals surface area contributed by atoms with Crippen molar-refractivity contribution in [3.8, 4) is 11.7 Å². The Morgan fingerprint density at radius 2 is 2.22 bits per heavy atom. The molecule has 11 nitrogen and oxygen atoms in total. The molecule has 0 amide bonds. The van der Waals surface area contributed by atoms with Gasteiger partial charge in [-0.15, -0.1) is 10.2 Å². The van der Waals surface area contributed by atoms with E-state index < -0.39 is 17.0 Å². The molecule has 3 aromatic rings. The average Bonchev–Trinajstić information content (AvgIpc) is 3.31. The first kappa shape index (κ1) is 18.7. The van der Waals surface area contributed by atoms with Gasteiger partial charge in [-0.1, -0.05) is 11.8 Å². The lowest BCUT2D eigenvalue weighted by Crippen LogP contribution is -2.37. The summed E-state index contributed by atoms with van der Waals surface area (Å²) >= 11 is 0.935. The molecule has 142 valence electrons. The zero-order valence-corrected chi connectivity index (χ0v) is 14.9. The van der Waals surface area contributed by atoms with Crippen LogP contribution in [0.2, 0.25) is 0 Å². The molecule has 0 radical (unpaired) electrons. The number of H-pyrrole nitrogens is 1. The Morgan fingerprint density at radius 1 is 1.41 bits per heavy atom. The van der Waals surface area contributed by atoms with Crippen molar-refractivity contribution in [2.75, 3.05) is 25.2 Å². The Bertz CT molecular complexity index is 1050. The number of nitrogens with one attached hydrogen (secondary N) is 1. The van der Waals surface area contributed by atoms with E-state index in [0.717, 1.165) is 16.3 Å². The van der Waals surface area contributed by atoms with Crippen LogP contribution in [0.3, 0.4) is 0 Å². The molecule has 27 heavy (non-hydrogen) atoms. The summed E-state index contributed by atoms with van der Waals surface area (Å²) in [5, 5.41) is 7.73. The van der Waals surface area contributed by atoms with E-state index in [4.69, 9.17) is 19.3 Å². The number of aromatic nitrogens is 4. The number of aromatic amines is 1. The van der Waals surface area contributed by atoms with Crippen LogP contribution < -0.4 is 17.0 Å². The van der Waals surface area contributed by atoms with Crippen molar-refractivity contribution < 1.29 is 18.4 Å². The van der Waals surface area contributed by atoms with Crippen LogP contribution in [0.5, 0.6) is 0 Å². The third-order valence-corrected chi connectivity index (χ3v) is 4.32. The number of carbonyl (C=O) groups is 1. The van der Waals surface area contributed by atoms with E-state index in [0.29, 0.717) is 5.76 Å². The van der Waals surface area contributed by atoms with E-state index in [2.05, 4.69) is 15.2 Å². The van der Waals surface area contributed by atoms with Gasteiger partial charge in [-0.2, -0.15) is 0 Å². The number of carbonyl (C=O) groups excluding carboxylic acids is 1. The van der Waals surface area contributed by atoms with Crippen LogP contribution in [0.15, 0.2) is 42.0 Å². The van der Waals surface area contributed by atoms with Crippen molar-refractivity contribution in [1.82, 2.24) is 19.7 Å². The monoisotopic (exact) mass is 393 g/mol. The number of nitrogen functional groups attached to an aromatic ring is 1. The highest BCUT2D eigenvalue weighted by molar-refractivity contribution is 7.99. The number of ketones is 1. The van der Waals surface area contributed by atoms with Gasteiger partial charge in [-0.05, 0) is 12.1 Å². The smallest absolute Gasteiger partial charge is 0.330 e. The predicted octanol–water partition coefficient (Wildman–Crippen LogP) is 0.383. The van der Waals surface area contributed by atoms with Gasteiger partial charge in [0, 0.05) is 7.11 Å². The van der Waals surface area contributed by atoms with Gasteiger partial charge in [-0.3, -0.25) is 19.1 Å². The number of nitrogens with two attached hydrogens (primary N) is 1. The molecule has 0 atom stereocenters. The number of ether oxygens (including phenoxy) is 1. The van der Waals surface area contributed by atoms with Crippen molar-refractivity contribution in [3.63, 3.8) is 0 Å². The SMILES string of the molecule is COCCn1c(N)c(C(=O)CSc2nnc(-c3ccco3)o2)c(=O)[nH]c1=O. The molecule has 0 spiro atoms. The highest BCUT2D eigenvalue weighted by atomic mass is 32.2. The fourth-order valence-electron chi connectivity index (χ4n) is 2.23. The van der Waals surface area contributed by atoms with Crippen molar-refractivity contribution in [1.29, 1.82) is 0 Å². The Kier molecular flexibility index (Phi) is 5.57. The molecule has 12 heteroatoms. The quantitative estimate of drug-likeness (QED) is 0.404. The molecule has 0 saturated carbocycles. The summed E-state index contributed by atoms with van der Waals surface area (Å²) in [7, 11) is 1.46. The van der Waals surface area contributed by atoms with Crippen LogP contribution in [0.1, 0.15) is 10.4 Å². The summed E-state index contributed by atoms with van der Waals surface area (Å²) < 4.78 is 16.5. The Hall–Kier alpha value is -3.12. The van der Waals surface area contributed by atoms with E-state index in [1.165, 1.54) is 13.4 Å². The maximum absolute atomic E-state index is 12.5. The van der Waals surface area contributed by atoms with Crippen LogP contribution in [-0.2, 0) is 11.3 Å². The fraction of sp³-hybridized carbons (Fsp3) is 0.267. The maximum Gasteiger partial charge on any atom is 0.330 e. The normalized spacial score (nSPS) is 11.0. The van der Waals surface area contributed by atoms with E-state index in [9.17, 15) is 14.4 Å². The number of hydrogen-bond donors (Lipinski definition) is 2. The average molecular weight is 393 g/mol. The molecule has 0 unspecified atom stereocenters. The Morgan fingerprint density at radius 3 is 2.93 bits per heavy atom. The lowest BCUT2D eigenvalue weighted by Gasteiger charge is -2.11. The van der Waals surface area contributed by atoms with E-state index >= 15 is 0 Å². The topological polar surface area (TPSA) is 159 Å². The largest absolute Gasteiger partial charge is 0.459 e. The number of hydrogen-bond acceptors (Lipinski definition) is 10. The maximum atomic E-state index is 12.5. The summed E-state index contributed by atoms with van der Waals surface area (Å²) in [5.41, 5.74) is 4.00. The third-order valence-electron chi connectivity index (χ3n) is 3.50. The minimum Gasteiger partial charge on any atom is -0.459 e. The molecule has 0 saturated heterocycles. The first-order valence-electron chi connectivity index (χ1n) is 7.66. The standard InChI is InChI=1S/C15H15N5O6S/c1-24-6-4-20-11(16)10(12(22)17-14(20)23)8(21)7-27-15-19-18-13(26-15)9-3-2-5-25-9/h2-3,5H,4,6-7,16H2,1H3,(H,17,22,23). The molecule has 0 aliphatic carbocycles. The molecule has 3 N–H and O–H groups in total. The highest BCUT2D eigenvalue weighted by Crippen LogP contribution is 2.24. The minimum atomic E-state index is -0.849. The second-order valence-electron chi connectivity index (χ2n) is 5.23. The summed E-state index contributed by atoms with van der Waals surface area (Å²) in [6, 6.07) is 3.32. The van der Waals surface area contributed by atoms with Crippen LogP contribution >= 0.6 is 11.8 Å². The second kappa shape index (κ2) is 8.05. The van der Waals surface area contributed by atoms with Gasteiger partial charge >= 0.3 is 5.69 Å². The van der Waals surface area contributed by atoms with Crippen molar-refractivity contribution in [2.45, 2.75) is 11.8 Å². The van der Waals surface area contributed by atoms with Gasteiger partial charge in [0.25, 0.3) is 16.7 Å². The molecule has 3 rings (SSSR count). The van der Waals surface area contributed by atoms with Crippen molar-refractivity contribution in [2.24, 2.45) is 0 Å². The lowest BCUT2D eigenvalue weighted by molar-refractivity contribution is 0.102. The Labute approximate surface area is 155 Å². The van der Waals surface area contributed by atoms with E-state index in [-0.39, 0.29) is 41.4 Å². The van der Waals surface area contributed by atoms with Gasteiger partial charge in [-0.25, -0.2) is 4.79 Å². The first-order chi connectivity index (χ1) is 13.0. The molecule has 0 aromatic carbocycles. The molecule has 3 heterocycles. The summed E-state index contributed by atoms with van der Waals surface area (Å²) in [4.78, 5) is 38.4. The number of thioether (sulfide) groups is 1. The molecular formula is C15H15N5O6S. The van der Waals surface area contributed by atoms with Gasteiger partial charge in [0.2, 0.25) is 0 Å². The van der Waals surface area contributed by atoms with Crippen LogP contribution in [0.4, 0.5) is 5.82 Å². The Balaban J connectivity index is 1.76. The first-order valence-corrected chi connectivity index (χ1v) is 8.64. The van der Waals surface area contributed by atoms with Gasteiger partial charge < -0.3 is 19.3 Å². The van der Waals surface area contributed by atoms with Crippen molar-refractivity contribution in [3.05, 3.63) is 44.8 Å². The van der Waals surface area contributed by atoms with Crippen LogP contribution in [0, 0.1) is 0 Å². The number of methoxy groups -OCH3 is 1. The fourth-order valence-corrected chi connectivity index (χ4v) is 2.86. The number of Topliss-reactive ketones (excluding diaryl/α,β-unsaturated/α-hetero) is 1. The summed E-state index contributed by atoms with van der Waals surface area (Å²) in [6.45, 7) is 0.289.